The van der Waals surface area contributed by atoms with Crippen LogP contribution < -0.4 is 5.32 Å². The lowest BCUT2D eigenvalue weighted by Crippen LogP contribution is -2.46. The summed E-state index contributed by atoms with van der Waals surface area (Å²) in [4.78, 5) is 4.43. The molecule has 0 radical (unpaired) electrons. The van der Waals surface area contributed by atoms with Crippen LogP contribution in [0.2, 0.25) is 0 Å². The van der Waals surface area contributed by atoms with E-state index in [1.54, 1.807) is 35.9 Å². The highest BCUT2D eigenvalue weighted by atomic mass is 19.2. The Morgan fingerprint density at radius 1 is 1.03 bits per heavy atom. The lowest BCUT2D eigenvalue weighted by atomic mass is 9.80. The summed E-state index contributed by atoms with van der Waals surface area (Å²) in [6.45, 7) is 0.358. The van der Waals surface area contributed by atoms with E-state index >= 15 is 0 Å². The molecule has 10 heteroatoms. The van der Waals surface area contributed by atoms with Gasteiger partial charge < -0.3 is 19.4 Å². The van der Waals surface area contributed by atoms with E-state index in [-0.39, 0.29) is 29.1 Å². The Hall–Kier alpha value is -4.02. The Morgan fingerprint density at radius 2 is 1.84 bits per heavy atom. The Balaban J connectivity index is 1.34. The number of aliphatic hydroxyl groups is 1. The summed E-state index contributed by atoms with van der Waals surface area (Å²) >= 11 is 0. The normalized spacial score (nSPS) is 14.7. The van der Waals surface area contributed by atoms with E-state index in [9.17, 15) is 18.3 Å². The summed E-state index contributed by atoms with van der Waals surface area (Å²) in [6, 6.07) is 13.0. The van der Waals surface area contributed by atoms with E-state index in [2.05, 4.69) is 20.5 Å². The Kier molecular flexibility index (Phi) is 6.00. The van der Waals surface area contributed by atoms with Gasteiger partial charge >= 0.3 is 0 Å². The molecule has 0 spiro atoms. The minimum absolute atomic E-state index is 0.0497. The maximum atomic E-state index is 14.9. The standard InChI is InChI=1S/C28H24F3N5O2/c1-36-15-33-35-26(36)21-12-19(29)6-7-20(21)16-4-2-5-17(10-16)27-34-22-11-18(23(30)24(31)25(22)38-27)13-32-14-28(37)8-3-9-28/h2,4-7,10-12,15,32,37H,3,8-9,13-14H2,1H3. The fraction of sp³-hybridized carbons (Fsp3) is 0.250. The molecule has 1 aliphatic carbocycles. The van der Waals surface area contributed by atoms with Gasteiger partial charge in [0, 0.05) is 36.8 Å². The van der Waals surface area contributed by atoms with Gasteiger partial charge in [0.2, 0.25) is 11.7 Å². The number of aryl methyl sites for hydroxylation is 1. The highest BCUT2D eigenvalue weighted by Gasteiger charge is 2.33. The Labute approximate surface area is 216 Å². The maximum Gasteiger partial charge on any atom is 0.227 e. The van der Waals surface area contributed by atoms with Crippen molar-refractivity contribution >= 4 is 11.1 Å². The summed E-state index contributed by atoms with van der Waals surface area (Å²) in [5, 5.41) is 21.2. The van der Waals surface area contributed by atoms with Gasteiger partial charge in [-0.1, -0.05) is 18.2 Å². The molecular weight excluding hydrogens is 495 g/mol. The van der Waals surface area contributed by atoms with E-state index in [1.165, 1.54) is 24.5 Å². The number of oxazole rings is 1. The number of hydrogen-bond donors (Lipinski definition) is 2. The second kappa shape index (κ2) is 9.38. The molecular formula is C28H24F3N5O2. The number of hydrogen-bond acceptors (Lipinski definition) is 6. The van der Waals surface area contributed by atoms with E-state index < -0.39 is 23.1 Å². The average molecular weight is 520 g/mol. The first-order valence-corrected chi connectivity index (χ1v) is 12.3. The predicted molar refractivity (Wildman–Crippen MR) is 135 cm³/mol. The number of aromatic nitrogens is 4. The van der Waals surface area contributed by atoms with Crippen molar-refractivity contribution in [1.82, 2.24) is 25.1 Å². The number of fused-ring (bicyclic) bond motifs is 1. The number of nitrogens with one attached hydrogen (secondary N) is 1. The van der Waals surface area contributed by atoms with Crippen molar-refractivity contribution in [3.63, 3.8) is 0 Å². The molecule has 0 bridgehead atoms. The topological polar surface area (TPSA) is 89.0 Å². The fourth-order valence-electron chi connectivity index (χ4n) is 4.80. The molecule has 38 heavy (non-hydrogen) atoms. The molecule has 2 aromatic heterocycles. The SMILES string of the molecule is Cn1cnnc1-c1cc(F)ccc1-c1cccc(-c2nc3cc(CNCC4(O)CCC4)c(F)c(F)c3o2)c1. The molecule has 194 valence electrons. The molecule has 1 aliphatic rings. The largest absolute Gasteiger partial charge is 0.433 e. The van der Waals surface area contributed by atoms with E-state index in [0.717, 1.165) is 12.0 Å². The zero-order valence-corrected chi connectivity index (χ0v) is 20.5. The van der Waals surface area contributed by atoms with Crippen molar-refractivity contribution in [3.8, 4) is 34.0 Å². The first-order valence-electron chi connectivity index (χ1n) is 12.3. The third-order valence-corrected chi connectivity index (χ3v) is 7.05. The monoisotopic (exact) mass is 519 g/mol. The highest BCUT2D eigenvalue weighted by molar-refractivity contribution is 5.83. The van der Waals surface area contributed by atoms with Crippen LogP contribution in [0.15, 0.2) is 59.3 Å². The predicted octanol–water partition coefficient (Wildman–Crippen LogP) is 5.38. The van der Waals surface area contributed by atoms with Crippen molar-refractivity contribution in [2.24, 2.45) is 7.05 Å². The summed E-state index contributed by atoms with van der Waals surface area (Å²) in [7, 11) is 1.77. The van der Waals surface area contributed by atoms with Crippen LogP contribution in [0, 0.1) is 17.5 Å². The van der Waals surface area contributed by atoms with Gasteiger partial charge in [0.1, 0.15) is 17.7 Å². The van der Waals surface area contributed by atoms with Crippen molar-refractivity contribution < 1.29 is 22.7 Å². The van der Waals surface area contributed by atoms with E-state index in [1.807, 2.05) is 6.07 Å². The van der Waals surface area contributed by atoms with Gasteiger partial charge in [-0.25, -0.2) is 13.8 Å². The summed E-state index contributed by atoms with van der Waals surface area (Å²) in [5.41, 5.74) is 1.77. The molecule has 0 aliphatic heterocycles. The molecule has 0 atom stereocenters. The van der Waals surface area contributed by atoms with E-state index in [0.29, 0.717) is 41.9 Å². The van der Waals surface area contributed by atoms with Crippen LogP contribution in [0.4, 0.5) is 13.2 Å². The number of nitrogens with zero attached hydrogens (tertiary/aromatic N) is 4. The molecule has 1 saturated carbocycles. The third kappa shape index (κ3) is 4.35. The molecule has 7 nitrogen and oxygen atoms in total. The molecule has 0 unspecified atom stereocenters. The van der Waals surface area contributed by atoms with Crippen LogP contribution >= 0.6 is 0 Å². The smallest absolute Gasteiger partial charge is 0.227 e. The van der Waals surface area contributed by atoms with Crippen LogP contribution in [0.3, 0.4) is 0 Å². The van der Waals surface area contributed by atoms with Gasteiger partial charge in [0.25, 0.3) is 0 Å². The molecule has 6 rings (SSSR count). The zero-order chi connectivity index (χ0) is 26.4. The molecule has 2 N–H and O–H groups in total. The molecule has 1 fully saturated rings. The summed E-state index contributed by atoms with van der Waals surface area (Å²) in [5.74, 6) is -1.92. The Morgan fingerprint density at radius 3 is 2.58 bits per heavy atom. The lowest BCUT2D eigenvalue weighted by molar-refractivity contribution is -0.0315. The van der Waals surface area contributed by atoms with Crippen molar-refractivity contribution in [1.29, 1.82) is 0 Å². The quantitative estimate of drug-likeness (QED) is 0.300. The minimum Gasteiger partial charge on any atom is -0.433 e. The van der Waals surface area contributed by atoms with Crippen molar-refractivity contribution in [2.75, 3.05) is 6.54 Å². The molecule has 2 heterocycles. The first-order chi connectivity index (χ1) is 18.3. The fourth-order valence-corrected chi connectivity index (χ4v) is 4.80. The van der Waals surface area contributed by atoms with Gasteiger partial charge in [-0.2, -0.15) is 4.39 Å². The first kappa shape index (κ1) is 24.3. The molecule has 5 aromatic rings. The lowest BCUT2D eigenvalue weighted by Gasteiger charge is -2.36. The summed E-state index contributed by atoms with van der Waals surface area (Å²) in [6.07, 6.45) is 3.88. The number of rotatable bonds is 7. The van der Waals surface area contributed by atoms with Crippen molar-refractivity contribution in [2.45, 2.75) is 31.4 Å². The molecule has 0 amide bonds. The van der Waals surface area contributed by atoms with Crippen LogP contribution in [0.5, 0.6) is 0 Å². The molecule has 0 saturated heterocycles. The minimum atomic E-state index is -1.11. The number of benzene rings is 3. The van der Waals surface area contributed by atoms with Crippen LogP contribution in [0.25, 0.3) is 45.1 Å². The van der Waals surface area contributed by atoms with Gasteiger partial charge in [0.05, 0.1) is 5.60 Å². The van der Waals surface area contributed by atoms with Gasteiger partial charge in [-0.15, -0.1) is 10.2 Å². The third-order valence-electron chi connectivity index (χ3n) is 7.05. The average Bonchev–Trinajstić information content (AvgIpc) is 3.52. The second-order valence-electron chi connectivity index (χ2n) is 9.75. The van der Waals surface area contributed by atoms with Gasteiger partial charge in [-0.05, 0) is 60.7 Å². The highest BCUT2D eigenvalue weighted by Crippen LogP contribution is 2.35. The van der Waals surface area contributed by atoms with Gasteiger partial charge in [0.15, 0.2) is 17.2 Å². The second-order valence-corrected chi connectivity index (χ2v) is 9.75. The number of halogens is 3. The zero-order valence-electron chi connectivity index (χ0n) is 20.5. The summed E-state index contributed by atoms with van der Waals surface area (Å²) < 4.78 is 51.2. The maximum absolute atomic E-state index is 14.9. The Bertz CT molecular complexity index is 1660. The van der Waals surface area contributed by atoms with E-state index in [4.69, 9.17) is 4.42 Å². The molecule has 3 aromatic carbocycles. The van der Waals surface area contributed by atoms with Crippen LogP contribution in [-0.2, 0) is 13.6 Å². The van der Waals surface area contributed by atoms with Gasteiger partial charge in [-0.3, -0.25) is 0 Å². The van der Waals surface area contributed by atoms with Crippen LogP contribution in [0.1, 0.15) is 24.8 Å². The van der Waals surface area contributed by atoms with Crippen molar-refractivity contribution in [3.05, 3.63) is 77.9 Å². The van der Waals surface area contributed by atoms with Crippen LogP contribution in [-0.4, -0.2) is 37.0 Å².